The molecule has 3 unspecified atom stereocenters. The molecule has 0 radical (unpaired) electrons. The number of hydrogen-bond acceptors (Lipinski definition) is 2. The zero-order valence-electron chi connectivity index (χ0n) is 10.0. The van der Waals surface area contributed by atoms with Gasteiger partial charge in [0.05, 0.1) is 6.26 Å². The molecule has 1 N–H and O–H groups in total. The molecule has 1 aliphatic heterocycles. The molecule has 0 spiro atoms. The summed E-state index contributed by atoms with van der Waals surface area (Å²) < 4.78 is 5.56. The molecule has 0 saturated heterocycles. The van der Waals surface area contributed by atoms with Crippen molar-refractivity contribution < 1.29 is 4.42 Å². The maximum atomic E-state index is 5.56. The molecule has 1 aromatic rings. The van der Waals surface area contributed by atoms with Crippen molar-refractivity contribution in [3.05, 3.63) is 23.7 Å². The van der Waals surface area contributed by atoms with Gasteiger partial charge < -0.3 is 9.73 Å². The van der Waals surface area contributed by atoms with Gasteiger partial charge in [-0.2, -0.15) is 0 Å². The fourth-order valence-corrected chi connectivity index (χ4v) is 3.49. The molecule has 0 bridgehead atoms. The highest BCUT2D eigenvalue weighted by Crippen LogP contribution is 2.39. The van der Waals surface area contributed by atoms with Gasteiger partial charge >= 0.3 is 0 Å². The van der Waals surface area contributed by atoms with Gasteiger partial charge in [0.25, 0.3) is 0 Å². The lowest BCUT2D eigenvalue weighted by Gasteiger charge is -2.35. The molecule has 2 heteroatoms. The second-order valence-corrected chi connectivity index (χ2v) is 5.51. The van der Waals surface area contributed by atoms with Crippen molar-refractivity contribution in [3.8, 4) is 0 Å². The van der Waals surface area contributed by atoms with Crippen molar-refractivity contribution in [1.29, 1.82) is 0 Å². The van der Waals surface area contributed by atoms with Crippen LogP contribution in [-0.2, 0) is 6.42 Å². The summed E-state index contributed by atoms with van der Waals surface area (Å²) in [4.78, 5) is 0. The molecule has 16 heavy (non-hydrogen) atoms. The zero-order valence-corrected chi connectivity index (χ0v) is 10.0. The van der Waals surface area contributed by atoms with Crippen LogP contribution < -0.4 is 5.32 Å². The van der Waals surface area contributed by atoms with E-state index in [4.69, 9.17) is 4.42 Å². The molecule has 2 aliphatic rings. The lowest BCUT2D eigenvalue weighted by molar-refractivity contribution is 0.215. The monoisotopic (exact) mass is 219 g/mol. The Morgan fingerprint density at radius 3 is 3.19 bits per heavy atom. The first-order valence-electron chi connectivity index (χ1n) is 6.64. The van der Waals surface area contributed by atoms with Crippen LogP contribution in [0.25, 0.3) is 0 Å². The zero-order chi connectivity index (χ0) is 11.0. The smallest absolute Gasteiger partial charge is 0.109 e. The van der Waals surface area contributed by atoms with Crippen LogP contribution in [0.2, 0.25) is 0 Å². The molecular weight excluding hydrogens is 198 g/mol. The summed E-state index contributed by atoms with van der Waals surface area (Å²) in [7, 11) is 0. The fraction of sp³-hybridized carbons (Fsp3) is 0.714. The lowest BCUT2D eigenvalue weighted by atomic mass is 9.76. The van der Waals surface area contributed by atoms with Gasteiger partial charge in [-0.05, 0) is 30.7 Å². The van der Waals surface area contributed by atoms with Crippen molar-refractivity contribution in [3.63, 3.8) is 0 Å². The lowest BCUT2D eigenvalue weighted by Crippen LogP contribution is -2.35. The maximum absolute atomic E-state index is 5.56. The highest BCUT2D eigenvalue weighted by molar-refractivity contribution is 5.25. The molecule has 1 aliphatic carbocycles. The second kappa shape index (κ2) is 4.25. The van der Waals surface area contributed by atoms with Crippen LogP contribution in [-0.4, -0.2) is 6.54 Å². The van der Waals surface area contributed by atoms with E-state index in [0.717, 1.165) is 24.8 Å². The van der Waals surface area contributed by atoms with Crippen LogP contribution in [0.15, 0.2) is 16.7 Å². The highest BCUT2D eigenvalue weighted by Gasteiger charge is 2.31. The average molecular weight is 219 g/mol. The Morgan fingerprint density at radius 1 is 1.38 bits per heavy atom. The van der Waals surface area contributed by atoms with E-state index in [2.05, 4.69) is 18.3 Å². The Labute approximate surface area is 97.4 Å². The Hall–Kier alpha value is -0.760. The van der Waals surface area contributed by atoms with Crippen LogP contribution in [0.5, 0.6) is 0 Å². The van der Waals surface area contributed by atoms with Gasteiger partial charge in [-0.3, -0.25) is 0 Å². The Morgan fingerprint density at radius 2 is 2.31 bits per heavy atom. The number of rotatable bonds is 1. The predicted octanol–water partition coefficient (Wildman–Crippen LogP) is 3.29. The first-order chi connectivity index (χ1) is 7.84. The van der Waals surface area contributed by atoms with Crippen molar-refractivity contribution in [2.45, 2.75) is 45.1 Å². The first-order valence-corrected chi connectivity index (χ1v) is 6.64. The van der Waals surface area contributed by atoms with Gasteiger partial charge in [0, 0.05) is 24.6 Å². The van der Waals surface area contributed by atoms with Crippen LogP contribution in [0.1, 0.15) is 50.0 Å². The van der Waals surface area contributed by atoms with Crippen LogP contribution >= 0.6 is 0 Å². The van der Waals surface area contributed by atoms with E-state index in [-0.39, 0.29) is 0 Å². The van der Waals surface area contributed by atoms with Crippen LogP contribution in [0, 0.1) is 11.8 Å². The molecule has 1 fully saturated rings. The van der Waals surface area contributed by atoms with E-state index in [9.17, 15) is 0 Å². The average Bonchev–Trinajstić information content (AvgIpc) is 2.76. The van der Waals surface area contributed by atoms with Gasteiger partial charge in [-0.1, -0.05) is 19.8 Å². The SMILES string of the molecule is CC1CCCC(C2NCCc3occc32)C1. The number of fused-ring (bicyclic) bond motifs is 1. The molecule has 0 aromatic carbocycles. The van der Waals surface area contributed by atoms with E-state index in [1.165, 1.54) is 37.0 Å². The largest absolute Gasteiger partial charge is 0.469 e. The fourth-order valence-electron chi connectivity index (χ4n) is 3.49. The summed E-state index contributed by atoms with van der Waals surface area (Å²) in [6.45, 7) is 3.47. The summed E-state index contributed by atoms with van der Waals surface area (Å²) in [5.41, 5.74) is 1.44. The highest BCUT2D eigenvalue weighted by atomic mass is 16.3. The Bertz CT molecular complexity index is 357. The molecule has 2 heterocycles. The first kappa shape index (κ1) is 10.4. The third-order valence-electron chi connectivity index (χ3n) is 4.28. The standard InChI is InChI=1S/C14H21NO/c1-10-3-2-4-11(9-10)14-12-6-8-16-13(12)5-7-15-14/h6,8,10-11,14-15H,2-5,7,9H2,1H3. The molecule has 3 atom stereocenters. The van der Waals surface area contributed by atoms with Gasteiger partial charge in [0.15, 0.2) is 0 Å². The van der Waals surface area contributed by atoms with E-state index < -0.39 is 0 Å². The van der Waals surface area contributed by atoms with Crippen molar-refractivity contribution in [2.75, 3.05) is 6.54 Å². The van der Waals surface area contributed by atoms with Crippen LogP contribution in [0.4, 0.5) is 0 Å². The van der Waals surface area contributed by atoms with Crippen molar-refractivity contribution in [1.82, 2.24) is 5.32 Å². The summed E-state index contributed by atoms with van der Waals surface area (Å²) in [6, 6.07) is 2.73. The number of nitrogens with one attached hydrogen (secondary N) is 1. The molecular formula is C14H21NO. The molecule has 1 saturated carbocycles. The van der Waals surface area contributed by atoms with Crippen molar-refractivity contribution >= 4 is 0 Å². The normalized spacial score (nSPS) is 34.7. The van der Waals surface area contributed by atoms with E-state index in [0.29, 0.717) is 6.04 Å². The predicted molar refractivity (Wildman–Crippen MR) is 64.3 cm³/mol. The summed E-state index contributed by atoms with van der Waals surface area (Å²) in [6.07, 6.45) is 8.49. The summed E-state index contributed by atoms with van der Waals surface area (Å²) in [5.74, 6) is 2.94. The molecule has 1 aromatic heterocycles. The number of furan rings is 1. The molecule has 88 valence electrons. The minimum absolute atomic E-state index is 0.560. The Kier molecular flexibility index (Phi) is 2.76. The van der Waals surface area contributed by atoms with Gasteiger partial charge in [-0.15, -0.1) is 0 Å². The molecule has 2 nitrogen and oxygen atoms in total. The topological polar surface area (TPSA) is 25.2 Å². The van der Waals surface area contributed by atoms with E-state index in [1.807, 2.05) is 6.26 Å². The molecule has 0 amide bonds. The van der Waals surface area contributed by atoms with E-state index in [1.54, 1.807) is 0 Å². The second-order valence-electron chi connectivity index (χ2n) is 5.51. The number of hydrogen-bond donors (Lipinski definition) is 1. The maximum Gasteiger partial charge on any atom is 0.109 e. The molecule has 3 rings (SSSR count). The Balaban J connectivity index is 1.81. The minimum Gasteiger partial charge on any atom is -0.469 e. The van der Waals surface area contributed by atoms with Crippen molar-refractivity contribution in [2.24, 2.45) is 11.8 Å². The third-order valence-corrected chi connectivity index (χ3v) is 4.28. The van der Waals surface area contributed by atoms with Gasteiger partial charge in [0.2, 0.25) is 0 Å². The minimum atomic E-state index is 0.560. The quantitative estimate of drug-likeness (QED) is 0.784. The third kappa shape index (κ3) is 1.80. The van der Waals surface area contributed by atoms with Gasteiger partial charge in [0.1, 0.15) is 5.76 Å². The summed E-state index contributed by atoms with van der Waals surface area (Å²) >= 11 is 0. The summed E-state index contributed by atoms with van der Waals surface area (Å²) in [5, 5.41) is 3.69. The van der Waals surface area contributed by atoms with E-state index >= 15 is 0 Å². The van der Waals surface area contributed by atoms with Gasteiger partial charge in [-0.25, -0.2) is 0 Å². The van der Waals surface area contributed by atoms with Crippen LogP contribution in [0.3, 0.4) is 0 Å².